The topological polar surface area (TPSA) is 81.9 Å². The van der Waals surface area contributed by atoms with E-state index in [1.54, 1.807) is 17.9 Å². The van der Waals surface area contributed by atoms with E-state index in [9.17, 15) is 14.9 Å². The van der Waals surface area contributed by atoms with Gasteiger partial charge in [0.05, 0.1) is 24.7 Å². The predicted octanol–water partition coefficient (Wildman–Crippen LogP) is 1.47. The number of nitrogens with zero attached hydrogens (tertiary/aromatic N) is 2. The van der Waals surface area contributed by atoms with E-state index >= 15 is 0 Å². The van der Waals surface area contributed by atoms with Gasteiger partial charge in [-0.3, -0.25) is 14.9 Å². The van der Waals surface area contributed by atoms with Gasteiger partial charge in [-0.15, -0.1) is 0 Å². The van der Waals surface area contributed by atoms with Crippen LogP contribution in [0.1, 0.15) is 17.3 Å². The van der Waals surface area contributed by atoms with Crippen molar-refractivity contribution in [3.63, 3.8) is 0 Å². The van der Waals surface area contributed by atoms with Crippen LogP contribution < -0.4 is 4.74 Å². The molecule has 1 aliphatic rings. The highest BCUT2D eigenvalue weighted by atomic mass is 16.6. The molecular weight excluding hydrogens is 264 g/mol. The van der Waals surface area contributed by atoms with Crippen molar-refractivity contribution in [3.05, 3.63) is 33.9 Å². The van der Waals surface area contributed by atoms with Gasteiger partial charge in [-0.25, -0.2) is 0 Å². The molecule has 0 bridgehead atoms. The Morgan fingerprint density at radius 3 is 2.75 bits per heavy atom. The van der Waals surface area contributed by atoms with E-state index in [1.807, 2.05) is 0 Å². The lowest BCUT2D eigenvalue weighted by atomic mass is 10.1. The molecule has 7 heteroatoms. The molecule has 0 aromatic heterocycles. The summed E-state index contributed by atoms with van der Waals surface area (Å²) in [6.45, 7) is 3.84. The standard InChI is InChI=1S/C13H16N2O5/c1-2-20-11-5-3-4-10(15(17)18)12(11)13(16)14-6-8-19-9-7-14/h3-5H,2,6-9H2,1H3. The molecule has 0 spiro atoms. The zero-order chi connectivity index (χ0) is 14.5. The summed E-state index contributed by atoms with van der Waals surface area (Å²) in [5.41, 5.74) is -0.214. The molecule has 0 N–H and O–H groups in total. The first-order chi connectivity index (χ1) is 9.65. The van der Waals surface area contributed by atoms with Gasteiger partial charge in [-0.05, 0) is 13.0 Å². The fraction of sp³-hybridized carbons (Fsp3) is 0.462. The minimum atomic E-state index is -0.559. The van der Waals surface area contributed by atoms with E-state index < -0.39 is 4.92 Å². The summed E-state index contributed by atoms with van der Waals surface area (Å²) in [6, 6.07) is 4.40. The Morgan fingerprint density at radius 2 is 2.15 bits per heavy atom. The van der Waals surface area contributed by atoms with Crippen molar-refractivity contribution in [1.82, 2.24) is 4.90 Å². The molecule has 1 saturated heterocycles. The fourth-order valence-corrected chi connectivity index (χ4v) is 2.09. The lowest BCUT2D eigenvalue weighted by Gasteiger charge is -2.27. The smallest absolute Gasteiger partial charge is 0.285 e. The zero-order valence-electron chi connectivity index (χ0n) is 11.2. The summed E-state index contributed by atoms with van der Waals surface area (Å²) >= 11 is 0. The van der Waals surface area contributed by atoms with Crippen LogP contribution in [0, 0.1) is 10.1 Å². The van der Waals surface area contributed by atoms with E-state index in [4.69, 9.17) is 9.47 Å². The lowest BCUT2D eigenvalue weighted by Crippen LogP contribution is -2.41. The monoisotopic (exact) mass is 280 g/mol. The zero-order valence-corrected chi connectivity index (χ0v) is 11.2. The Bertz CT molecular complexity index is 511. The first kappa shape index (κ1) is 14.3. The van der Waals surface area contributed by atoms with Crippen LogP contribution in [0.25, 0.3) is 0 Å². The highest BCUT2D eigenvalue weighted by molar-refractivity contribution is 6.01. The molecule has 1 amide bonds. The van der Waals surface area contributed by atoms with Crippen molar-refractivity contribution < 1.29 is 19.2 Å². The minimum Gasteiger partial charge on any atom is -0.493 e. The number of nitro benzene ring substituents is 1. The third-order valence-electron chi connectivity index (χ3n) is 3.01. The summed E-state index contributed by atoms with van der Waals surface area (Å²) in [4.78, 5) is 24.6. The van der Waals surface area contributed by atoms with Crippen LogP contribution in [0.5, 0.6) is 5.75 Å². The van der Waals surface area contributed by atoms with Gasteiger partial charge < -0.3 is 14.4 Å². The predicted molar refractivity (Wildman–Crippen MR) is 71.0 cm³/mol. The van der Waals surface area contributed by atoms with E-state index in [-0.39, 0.29) is 22.9 Å². The van der Waals surface area contributed by atoms with Gasteiger partial charge in [-0.2, -0.15) is 0 Å². The third-order valence-corrected chi connectivity index (χ3v) is 3.01. The minimum absolute atomic E-state index is 0.0150. The second-order valence-electron chi connectivity index (χ2n) is 4.24. The van der Waals surface area contributed by atoms with Crippen LogP contribution >= 0.6 is 0 Å². The van der Waals surface area contributed by atoms with Gasteiger partial charge in [0.1, 0.15) is 5.75 Å². The van der Waals surface area contributed by atoms with Crippen molar-refractivity contribution in [3.8, 4) is 5.75 Å². The van der Waals surface area contributed by atoms with Crippen molar-refractivity contribution in [2.45, 2.75) is 6.92 Å². The molecule has 7 nitrogen and oxygen atoms in total. The first-order valence-corrected chi connectivity index (χ1v) is 6.42. The molecule has 1 aromatic carbocycles. The Morgan fingerprint density at radius 1 is 1.45 bits per heavy atom. The van der Waals surface area contributed by atoms with E-state index in [1.165, 1.54) is 12.1 Å². The number of ether oxygens (including phenoxy) is 2. The summed E-state index contributed by atoms with van der Waals surface area (Å²) < 4.78 is 10.5. The van der Waals surface area contributed by atoms with Crippen LogP contribution in [0.3, 0.4) is 0 Å². The first-order valence-electron chi connectivity index (χ1n) is 6.42. The van der Waals surface area contributed by atoms with Crippen LogP contribution in [0.15, 0.2) is 18.2 Å². The average Bonchev–Trinajstić information content (AvgIpc) is 2.47. The Hall–Kier alpha value is -2.15. The second kappa shape index (κ2) is 6.33. The Kier molecular flexibility index (Phi) is 4.52. The Balaban J connectivity index is 2.40. The quantitative estimate of drug-likeness (QED) is 0.616. The number of carbonyl (C=O) groups is 1. The number of morpholine rings is 1. The summed E-state index contributed by atoms with van der Waals surface area (Å²) in [7, 11) is 0. The van der Waals surface area contributed by atoms with E-state index in [0.29, 0.717) is 32.9 Å². The summed E-state index contributed by atoms with van der Waals surface area (Å²) in [5.74, 6) is -0.137. The van der Waals surface area contributed by atoms with Gasteiger partial charge in [0, 0.05) is 19.2 Å². The lowest BCUT2D eigenvalue weighted by molar-refractivity contribution is -0.385. The van der Waals surface area contributed by atoms with Gasteiger partial charge in [0.15, 0.2) is 5.56 Å². The maximum absolute atomic E-state index is 12.5. The van der Waals surface area contributed by atoms with Crippen molar-refractivity contribution in [1.29, 1.82) is 0 Å². The van der Waals surface area contributed by atoms with E-state index in [0.717, 1.165) is 0 Å². The van der Waals surface area contributed by atoms with Crippen molar-refractivity contribution in [2.24, 2.45) is 0 Å². The number of rotatable bonds is 4. The molecular formula is C13H16N2O5. The Labute approximate surface area is 116 Å². The van der Waals surface area contributed by atoms with Crippen molar-refractivity contribution in [2.75, 3.05) is 32.9 Å². The maximum Gasteiger partial charge on any atom is 0.285 e. The van der Waals surface area contributed by atoms with Gasteiger partial charge >= 0.3 is 0 Å². The second-order valence-corrected chi connectivity index (χ2v) is 4.24. The highest BCUT2D eigenvalue weighted by Gasteiger charge is 2.29. The molecule has 108 valence electrons. The summed E-state index contributed by atoms with van der Waals surface area (Å²) in [6.07, 6.45) is 0. The number of hydrogen-bond acceptors (Lipinski definition) is 5. The molecule has 2 rings (SSSR count). The molecule has 1 fully saturated rings. The molecule has 1 aromatic rings. The van der Waals surface area contributed by atoms with Crippen LogP contribution in [-0.2, 0) is 4.74 Å². The molecule has 0 radical (unpaired) electrons. The average molecular weight is 280 g/mol. The number of carbonyl (C=O) groups excluding carboxylic acids is 1. The molecule has 0 aliphatic carbocycles. The van der Waals surface area contributed by atoms with Gasteiger partial charge in [0.2, 0.25) is 0 Å². The number of nitro groups is 1. The molecule has 0 saturated carbocycles. The third kappa shape index (κ3) is 2.88. The SMILES string of the molecule is CCOc1cccc([N+](=O)[O-])c1C(=O)N1CCOCC1. The van der Waals surface area contributed by atoms with Crippen LogP contribution in [-0.4, -0.2) is 48.6 Å². The normalized spacial score (nSPS) is 14.9. The van der Waals surface area contributed by atoms with E-state index in [2.05, 4.69) is 0 Å². The summed E-state index contributed by atoms with van der Waals surface area (Å²) in [5, 5.41) is 11.1. The van der Waals surface area contributed by atoms with Crippen LogP contribution in [0.4, 0.5) is 5.69 Å². The number of benzene rings is 1. The number of amides is 1. The number of hydrogen-bond donors (Lipinski definition) is 0. The molecule has 0 atom stereocenters. The largest absolute Gasteiger partial charge is 0.493 e. The van der Waals surface area contributed by atoms with Gasteiger partial charge in [-0.1, -0.05) is 6.07 Å². The fourth-order valence-electron chi connectivity index (χ4n) is 2.09. The highest BCUT2D eigenvalue weighted by Crippen LogP contribution is 2.30. The van der Waals surface area contributed by atoms with Gasteiger partial charge in [0.25, 0.3) is 11.6 Å². The maximum atomic E-state index is 12.5. The molecule has 1 aliphatic heterocycles. The molecule has 1 heterocycles. The van der Waals surface area contributed by atoms with Crippen LogP contribution in [0.2, 0.25) is 0 Å². The molecule has 0 unspecified atom stereocenters. The molecule has 20 heavy (non-hydrogen) atoms. The van der Waals surface area contributed by atoms with Crippen molar-refractivity contribution >= 4 is 11.6 Å².